The average molecular weight is 166 g/mol. The van der Waals surface area contributed by atoms with E-state index in [9.17, 15) is 13.2 Å². The zero-order chi connectivity index (χ0) is 8.04. The Balaban J connectivity index is 3.59. The highest BCUT2D eigenvalue weighted by molar-refractivity contribution is 8.02. The van der Waals surface area contributed by atoms with Crippen LogP contribution in [0.2, 0.25) is 0 Å². The van der Waals surface area contributed by atoms with Crippen molar-refractivity contribution >= 4 is 15.6 Å². The molecule has 0 aromatic carbocycles. The summed E-state index contributed by atoms with van der Waals surface area (Å²) in [6.45, 7) is 2.38. The molecule has 0 aromatic rings. The van der Waals surface area contributed by atoms with E-state index in [0.29, 0.717) is 6.54 Å². The van der Waals surface area contributed by atoms with Crippen molar-refractivity contribution in [2.75, 3.05) is 6.54 Å². The van der Waals surface area contributed by atoms with Gasteiger partial charge in [0.15, 0.2) is 0 Å². The Labute approximate surface area is 59.8 Å². The molecule has 0 aliphatic rings. The van der Waals surface area contributed by atoms with Crippen LogP contribution in [0.5, 0.6) is 0 Å². The summed E-state index contributed by atoms with van der Waals surface area (Å²) >= 11 is 0. The third kappa shape index (κ3) is 4.42. The fraction of sp³-hybridized carbons (Fsp3) is 0.750. The Bertz CT molecular complexity index is 187. The van der Waals surface area contributed by atoms with Crippen molar-refractivity contribution in [1.29, 1.82) is 0 Å². The van der Waals surface area contributed by atoms with E-state index < -0.39 is 10.0 Å². The fourth-order valence-corrected chi connectivity index (χ4v) is 0.652. The maximum Gasteiger partial charge on any atom is 0.284 e. The molecule has 0 atom stereocenters. The van der Waals surface area contributed by atoms with E-state index in [4.69, 9.17) is 0 Å². The minimum Gasteiger partial charge on any atom is -0.284 e. The van der Waals surface area contributed by atoms with Crippen LogP contribution in [0.15, 0.2) is 0 Å². The zero-order valence-electron chi connectivity index (χ0n) is 5.62. The van der Waals surface area contributed by atoms with Gasteiger partial charge in [-0.1, -0.05) is 6.92 Å². The predicted molar refractivity (Wildman–Crippen MR) is 37.1 cm³/mol. The molecule has 0 saturated carbocycles. The van der Waals surface area contributed by atoms with Crippen molar-refractivity contribution < 1.29 is 13.2 Å². The van der Waals surface area contributed by atoms with E-state index in [1.165, 1.54) is 0 Å². The summed E-state index contributed by atoms with van der Waals surface area (Å²) in [5, 5.41) is 0. The van der Waals surface area contributed by atoms with Gasteiger partial charge < -0.3 is 0 Å². The van der Waals surface area contributed by atoms with Crippen LogP contribution in [0.3, 0.4) is 0 Å². The Morgan fingerprint density at radius 1 is 1.50 bits per heavy atom. The van der Waals surface area contributed by atoms with Crippen LogP contribution in [0.1, 0.15) is 13.3 Å². The quantitative estimate of drug-likeness (QED) is 0.312. The summed E-state index contributed by atoms with van der Waals surface area (Å²) in [5.41, 5.74) is 2.21. The first-order valence-corrected chi connectivity index (χ1v) is 4.37. The van der Waals surface area contributed by atoms with Crippen molar-refractivity contribution in [1.82, 2.24) is 10.3 Å². The van der Waals surface area contributed by atoms with Gasteiger partial charge in [-0.15, -0.1) is 4.83 Å². The minimum absolute atomic E-state index is 0.143. The lowest BCUT2D eigenvalue weighted by atomic mass is 10.5. The first-order chi connectivity index (χ1) is 4.62. The van der Waals surface area contributed by atoms with Gasteiger partial charge in [0.25, 0.3) is 10.0 Å². The lowest BCUT2D eigenvalue weighted by molar-refractivity contribution is 0.540. The van der Waals surface area contributed by atoms with Gasteiger partial charge >= 0.3 is 0 Å². The molecular weight excluding hydrogens is 156 g/mol. The van der Waals surface area contributed by atoms with Gasteiger partial charge in [-0.2, -0.15) is 0 Å². The van der Waals surface area contributed by atoms with Crippen LogP contribution in [0.4, 0.5) is 0 Å². The van der Waals surface area contributed by atoms with E-state index in [1.54, 1.807) is 0 Å². The number of sulfonamides is 1. The van der Waals surface area contributed by atoms with E-state index in [0.717, 1.165) is 6.42 Å². The van der Waals surface area contributed by atoms with Gasteiger partial charge in [-0.25, -0.2) is 13.8 Å². The molecule has 5 nitrogen and oxygen atoms in total. The summed E-state index contributed by atoms with van der Waals surface area (Å²) in [5.74, 6) is 0. The van der Waals surface area contributed by atoms with E-state index in [1.807, 2.05) is 11.8 Å². The molecular formula is C4H10N2O3S. The average Bonchev–Trinajstić information content (AvgIpc) is 1.89. The molecule has 2 N–H and O–H groups in total. The summed E-state index contributed by atoms with van der Waals surface area (Å²) in [6, 6.07) is 0. The summed E-state index contributed by atoms with van der Waals surface area (Å²) in [4.78, 5) is 11.6. The number of hydrogen-bond acceptors (Lipinski definition) is 4. The number of carbonyl (C=O) groups excluding carboxylic acids is 1. The lowest BCUT2D eigenvalue weighted by Gasteiger charge is -1.99. The first kappa shape index (κ1) is 9.54. The van der Waals surface area contributed by atoms with Crippen LogP contribution in [0.25, 0.3) is 0 Å². The second-order valence-corrected chi connectivity index (χ2v) is 3.16. The van der Waals surface area contributed by atoms with Crippen molar-refractivity contribution in [3.05, 3.63) is 0 Å². The van der Waals surface area contributed by atoms with Crippen molar-refractivity contribution in [2.24, 2.45) is 0 Å². The molecule has 0 aliphatic heterocycles. The van der Waals surface area contributed by atoms with Gasteiger partial charge in [0, 0.05) is 6.54 Å². The molecule has 0 unspecified atom stereocenters. The molecule has 0 aromatic heterocycles. The third-order valence-corrected chi connectivity index (χ3v) is 1.40. The third-order valence-electron chi connectivity index (χ3n) is 0.716. The molecule has 6 heteroatoms. The summed E-state index contributed by atoms with van der Waals surface area (Å²) in [6.07, 6.45) is 0.793. The highest BCUT2D eigenvalue weighted by atomic mass is 32.2. The molecule has 0 saturated heterocycles. The minimum atomic E-state index is -3.73. The summed E-state index contributed by atoms with van der Waals surface area (Å²) < 4.78 is 20.7. The number of carbonyl (C=O) groups is 1. The topological polar surface area (TPSA) is 75.3 Å². The fourth-order valence-electron chi connectivity index (χ4n) is 0.301. The summed E-state index contributed by atoms with van der Waals surface area (Å²) in [7, 11) is -3.73. The zero-order valence-corrected chi connectivity index (χ0v) is 6.44. The standard InChI is InChI=1S/C4H10N2O3S/c1-2-3-5-6-10(8,9)4-7/h4-6H,2-3H2,1H3. The largest absolute Gasteiger partial charge is 0.284 e. The predicted octanol–water partition coefficient (Wildman–Crippen LogP) is -0.989. The van der Waals surface area contributed by atoms with E-state index in [2.05, 4.69) is 5.43 Å². The second kappa shape index (κ2) is 4.37. The van der Waals surface area contributed by atoms with Crippen LogP contribution in [0, 0.1) is 0 Å². The lowest BCUT2D eigenvalue weighted by Crippen LogP contribution is -2.38. The molecule has 0 aliphatic carbocycles. The smallest absolute Gasteiger partial charge is 0.284 e. The number of nitrogens with one attached hydrogen (secondary N) is 2. The maximum absolute atomic E-state index is 10.3. The SMILES string of the molecule is CCCNNS(=O)(=O)C=O. The molecule has 60 valence electrons. The van der Waals surface area contributed by atoms with Crippen LogP contribution in [-0.4, -0.2) is 20.6 Å². The first-order valence-electron chi connectivity index (χ1n) is 2.82. The number of hydrogen-bond donors (Lipinski definition) is 2. The van der Waals surface area contributed by atoms with Gasteiger partial charge in [0.1, 0.15) is 0 Å². The van der Waals surface area contributed by atoms with Crippen molar-refractivity contribution in [3.63, 3.8) is 0 Å². The maximum atomic E-state index is 10.3. The van der Waals surface area contributed by atoms with Gasteiger partial charge in [0.05, 0.1) is 0 Å². The van der Waals surface area contributed by atoms with Crippen molar-refractivity contribution in [3.8, 4) is 0 Å². The molecule has 0 heterocycles. The monoisotopic (exact) mass is 166 g/mol. The Morgan fingerprint density at radius 3 is 2.50 bits per heavy atom. The van der Waals surface area contributed by atoms with Crippen molar-refractivity contribution in [2.45, 2.75) is 13.3 Å². The van der Waals surface area contributed by atoms with E-state index in [-0.39, 0.29) is 5.62 Å². The van der Waals surface area contributed by atoms with Crippen LogP contribution in [-0.2, 0) is 14.8 Å². The molecule has 0 amide bonds. The Hall–Kier alpha value is -0.460. The molecule has 0 radical (unpaired) electrons. The second-order valence-electron chi connectivity index (χ2n) is 1.67. The molecule has 0 spiro atoms. The molecule has 0 fully saturated rings. The highest BCUT2D eigenvalue weighted by Crippen LogP contribution is 1.71. The number of rotatable bonds is 5. The van der Waals surface area contributed by atoms with Gasteiger partial charge in [0.2, 0.25) is 5.62 Å². The Kier molecular flexibility index (Phi) is 4.17. The van der Waals surface area contributed by atoms with E-state index >= 15 is 0 Å². The van der Waals surface area contributed by atoms with Crippen LogP contribution >= 0.6 is 0 Å². The van der Waals surface area contributed by atoms with Gasteiger partial charge in [-0.3, -0.25) is 4.79 Å². The molecule has 0 rings (SSSR count). The molecule has 0 bridgehead atoms. The Morgan fingerprint density at radius 2 is 2.10 bits per heavy atom. The van der Waals surface area contributed by atoms with Crippen LogP contribution < -0.4 is 10.3 Å². The van der Waals surface area contributed by atoms with Gasteiger partial charge in [-0.05, 0) is 6.42 Å². The number of hydrazine groups is 1. The normalized spacial score (nSPS) is 11.3. The molecule has 10 heavy (non-hydrogen) atoms. The highest BCUT2D eigenvalue weighted by Gasteiger charge is 2.03.